The third-order valence-electron chi connectivity index (χ3n) is 3.17. The van der Waals surface area contributed by atoms with Crippen molar-refractivity contribution in [1.82, 2.24) is 5.32 Å². The van der Waals surface area contributed by atoms with E-state index in [4.69, 9.17) is 9.47 Å². The summed E-state index contributed by atoms with van der Waals surface area (Å²) >= 11 is 3.58. The molecule has 1 fully saturated rings. The first kappa shape index (κ1) is 14.8. The molecule has 106 valence electrons. The van der Waals surface area contributed by atoms with Gasteiger partial charge >= 0.3 is 0 Å². The predicted molar refractivity (Wildman–Crippen MR) is 80.6 cm³/mol. The molecule has 2 rings (SSSR count). The van der Waals surface area contributed by atoms with Gasteiger partial charge in [0, 0.05) is 26.3 Å². The second-order valence-corrected chi connectivity index (χ2v) is 5.82. The summed E-state index contributed by atoms with van der Waals surface area (Å²) in [5.74, 6) is 0.924. The van der Waals surface area contributed by atoms with Gasteiger partial charge in [-0.1, -0.05) is 6.07 Å². The van der Waals surface area contributed by atoms with Crippen molar-refractivity contribution < 1.29 is 9.47 Å². The third kappa shape index (κ3) is 5.51. The monoisotopic (exact) mass is 327 g/mol. The Morgan fingerprint density at radius 3 is 2.74 bits per heavy atom. The molecule has 19 heavy (non-hydrogen) atoms. The lowest BCUT2D eigenvalue weighted by Crippen LogP contribution is -2.15. The molecule has 0 radical (unpaired) electrons. The normalized spacial score (nSPS) is 14.6. The van der Waals surface area contributed by atoms with Crippen molar-refractivity contribution in [3.8, 4) is 5.75 Å². The molecule has 0 bridgehead atoms. The molecule has 1 aliphatic carbocycles. The molecule has 4 heteroatoms. The van der Waals surface area contributed by atoms with Crippen LogP contribution in [-0.4, -0.2) is 26.4 Å². The highest BCUT2D eigenvalue weighted by Crippen LogP contribution is 2.27. The first-order valence-corrected chi connectivity index (χ1v) is 7.72. The van der Waals surface area contributed by atoms with Gasteiger partial charge in [-0.3, -0.25) is 0 Å². The topological polar surface area (TPSA) is 30.5 Å². The lowest BCUT2D eigenvalue weighted by Gasteiger charge is -2.10. The Kier molecular flexibility index (Phi) is 6.14. The predicted octanol–water partition coefficient (Wildman–Crippen LogP) is 3.51. The molecule has 1 aliphatic rings. The summed E-state index contributed by atoms with van der Waals surface area (Å²) in [5, 5.41) is 3.51. The van der Waals surface area contributed by atoms with E-state index in [1.165, 1.54) is 18.4 Å². The minimum absolute atomic E-state index is 0.738. The zero-order chi connectivity index (χ0) is 13.5. The maximum atomic E-state index is 5.75. The Labute approximate surface area is 123 Å². The van der Waals surface area contributed by atoms with Gasteiger partial charge in [0.25, 0.3) is 0 Å². The number of nitrogens with one attached hydrogen (secondary N) is 1. The Balaban J connectivity index is 1.73. The van der Waals surface area contributed by atoms with E-state index in [2.05, 4.69) is 33.4 Å². The van der Waals surface area contributed by atoms with Gasteiger partial charge in [-0.15, -0.1) is 0 Å². The first-order chi connectivity index (χ1) is 9.29. The molecule has 0 aliphatic heterocycles. The third-order valence-corrected chi connectivity index (χ3v) is 3.79. The van der Waals surface area contributed by atoms with Gasteiger partial charge in [-0.2, -0.15) is 0 Å². The van der Waals surface area contributed by atoms with Crippen LogP contribution < -0.4 is 10.1 Å². The second kappa shape index (κ2) is 7.88. The number of unbranched alkanes of at least 4 members (excludes halogenated alkanes) is 1. The van der Waals surface area contributed by atoms with Gasteiger partial charge in [0.1, 0.15) is 5.75 Å². The van der Waals surface area contributed by atoms with Gasteiger partial charge in [-0.25, -0.2) is 0 Å². The summed E-state index contributed by atoms with van der Waals surface area (Å²) in [7, 11) is 1.73. The number of hydrogen-bond acceptors (Lipinski definition) is 3. The minimum Gasteiger partial charge on any atom is -0.492 e. The highest BCUT2D eigenvalue weighted by Gasteiger charge is 2.19. The van der Waals surface area contributed by atoms with Crippen molar-refractivity contribution in [3.05, 3.63) is 28.2 Å². The van der Waals surface area contributed by atoms with Crippen LogP contribution in [0.4, 0.5) is 0 Å². The number of methoxy groups -OCH3 is 1. The van der Waals surface area contributed by atoms with E-state index < -0.39 is 0 Å². The van der Waals surface area contributed by atoms with Crippen LogP contribution in [-0.2, 0) is 11.3 Å². The van der Waals surface area contributed by atoms with Crippen LogP contribution >= 0.6 is 15.9 Å². The largest absolute Gasteiger partial charge is 0.492 e. The first-order valence-electron chi connectivity index (χ1n) is 6.93. The van der Waals surface area contributed by atoms with Crippen molar-refractivity contribution in [2.24, 2.45) is 0 Å². The van der Waals surface area contributed by atoms with Gasteiger partial charge in [-0.05, 0) is 59.3 Å². The molecule has 0 atom stereocenters. The zero-order valence-corrected chi connectivity index (χ0v) is 13.0. The van der Waals surface area contributed by atoms with Crippen molar-refractivity contribution in [1.29, 1.82) is 0 Å². The van der Waals surface area contributed by atoms with Crippen molar-refractivity contribution in [2.75, 3.05) is 20.3 Å². The summed E-state index contributed by atoms with van der Waals surface area (Å²) in [5.41, 5.74) is 1.30. The minimum atomic E-state index is 0.738. The average molecular weight is 328 g/mol. The molecule has 0 unspecified atom stereocenters. The molecule has 0 aromatic heterocycles. The molecule has 1 aromatic carbocycles. The van der Waals surface area contributed by atoms with Crippen LogP contribution in [0.1, 0.15) is 31.2 Å². The molecule has 1 saturated carbocycles. The smallest absolute Gasteiger partial charge is 0.133 e. The Bertz CT molecular complexity index is 394. The lowest BCUT2D eigenvalue weighted by atomic mass is 10.2. The number of benzene rings is 1. The van der Waals surface area contributed by atoms with Crippen LogP contribution in [0.2, 0.25) is 0 Å². The zero-order valence-electron chi connectivity index (χ0n) is 11.5. The summed E-state index contributed by atoms with van der Waals surface area (Å²) in [4.78, 5) is 0. The number of hydrogen-bond donors (Lipinski definition) is 1. The molecule has 0 saturated heterocycles. The lowest BCUT2D eigenvalue weighted by molar-refractivity contribution is 0.184. The quantitative estimate of drug-likeness (QED) is 0.704. The van der Waals surface area contributed by atoms with Crippen LogP contribution in [0, 0.1) is 0 Å². The van der Waals surface area contributed by atoms with E-state index in [0.29, 0.717) is 0 Å². The van der Waals surface area contributed by atoms with E-state index >= 15 is 0 Å². The van der Waals surface area contributed by atoms with Crippen molar-refractivity contribution in [3.63, 3.8) is 0 Å². The summed E-state index contributed by atoms with van der Waals surface area (Å²) in [6.45, 7) is 2.48. The van der Waals surface area contributed by atoms with Crippen LogP contribution in [0.25, 0.3) is 0 Å². The highest BCUT2D eigenvalue weighted by molar-refractivity contribution is 9.10. The van der Waals surface area contributed by atoms with Crippen molar-refractivity contribution >= 4 is 15.9 Å². The fourth-order valence-corrected chi connectivity index (χ4v) is 2.39. The molecule has 1 N–H and O–H groups in total. The van der Waals surface area contributed by atoms with E-state index in [1.807, 2.05) is 6.07 Å². The van der Waals surface area contributed by atoms with Gasteiger partial charge in [0.05, 0.1) is 11.1 Å². The molecular formula is C15H22BrNO2. The fourth-order valence-electron chi connectivity index (χ4n) is 1.85. The molecule has 1 aromatic rings. The van der Waals surface area contributed by atoms with E-state index in [0.717, 1.165) is 48.9 Å². The maximum Gasteiger partial charge on any atom is 0.133 e. The van der Waals surface area contributed by atoms with Crippen LogP contribution in [0.5, 0.6) is 5.75 Å². The van der Waals surface area contributed by atoms with Crippen LogP contribution in [0.3, 0.4) is 0 Å². The van der Waals surface area contributed by atoms with E-state index in [1.54, 1.807) is 7.11 Å². The van der Waals surface area contributed by atoms with Gasteiger partial charge in [0.15, 0.2) is 0 Å². The summed E-state index contributed by atoms with van der Waals surface area (Å²) < 4.78 is 11.8. The Morgan fingerprint density at radius 2 is 2.05 bits per heavy atom. The van der Waals surface area contributed by atoms with Crippen LogP contribution in [0.15, 0.2) is 22.7 Å². The highest BCUT2D eigenvalue weighted by atomic mass is 79.9. The molecule has 3 nitrogen and oxygen atoms in total. The molecular weight excluding hydrogens is 306 g/mol. The standard InChI is InChI=1S/C15H22BrNO2/c1-18-8-2-3-9-19-15-7-4-12(10-14(15)16)11-17-13-5-6-13/h4,7,10,13,17H,2-3,5-6,8-9,11H2,1H3. The number of halogens is 1. The van der Waals surface area contributed by atoms with E-state index in [-0.39, 0.29) is 0 Å². The van der Waals surface area contributed by atoms with E-state index in [9.17, 15) is 0 Å². The van der Waals surface area contributed by atoms with Gasteiger partial charge < -0.3 is 14.8 Å². The Hall–Kier alpha value is -0.580. The SMILES string of the molecule is COCCCCOc1ccc(CNC2CC2)cc1Br. The number of ether oxygens (including phenoxy) is 2. The second-order valence-electron chi connectivity index (χ2n) is 4.97. The summed E-state index contributed by atoms with van der Waals surface area (Å²) in [6, 6.07) is 7.06. The maximum absolute atomic E-state index is 5.75. The fraction of sp³-hybridized carbons (Fsp3) is 0.600. The van der Waals surface area contributed by atoms with Crippen molar-refractivity contribution in [2.45, 2.75) is 38.3 Å². The molecule has 0 heterocycles. The molecule has 0 spiro atoms. The van der Waals surface area contributed by atoms with Gasteiger partial charge in [0.2, 0.25) is 0 Å². The number of rotatable bonds is 9. The summed E-state index contributed by atoms with van der Waals surface area (Å²) in [6.07, 6.45) is 4.70. The Morgan fingerprint density at radius 1 is 1.26 bits per heavy atom. The molecule has 0 amide bonds. The average Bonchev–Trinajstić information content (AvgIpc) is 3.22.